The smallest absolute Gasteiger partial charge is 0.406 e. The fourth-order valence-corrected chi connectivity index (χ4v) is 2.86. The molecule has 0 radical (unpaired) electrons. The average Bonchev–Trinajstić information content (AvgIpc) is 2.77. The topological polar surface area (TPSA) is 163 Å². The molecule has 0 unspecified atom stereocenters. The lowest BCUT2D eigenvalue weighted by atomic mass is 10.3. The number of ether oxygens (including phenoxy) is 2. The number of nitrogens with zero attached hydrogens (tertiary/aromatic N) is 2. The summed E-state index contributed by atoms with van der Waals surface area (Å²) < 4.78 is 10.3. The minimum Gasteiger partial charge on any atom is -0.406 e. The van der Waals surface area contributed by atoms with E-state index in [1.165, 1.54) is 36.4 Å². The van der Waals surface area contributed by atoms with Crippen molar-refractivity contribution in [1.29, 1.82) is 0 Å². The summed E-state index contributed by atoms with van der Waals surface area (Å²) in [5, 5.41) is 26.3. The van der Waals surface area contributed by atoms with E-state index in [1.807, 2.05) is 0 Å². The van der Waals surface area contributed by atoms with Gasteiger partial charge in [-0.1, -0.05) is 35.3 Å². The van der Waals surface area contributed by atoms with E-state index in [0.717, 1.165) is 24.3 Å². The number of hydrogen-bond donors (Lipinski definition) is 2. The number of nitrogens with one attached hydrogen (secondary N) is 2. The first-order chi connectivity index (χ1) is 16.1. The van der Waals surface area contributed by atoms with Crippen molar-refractivity contribution < 1.29 is 28.9 Å². The molecule has 3 rings (SSSR count). The van der Waals surface area contributed by atoms with Crippen LogP contribution in [0.25, 0.3) is 0 Å². The van der Waals surface area contributed by atoms with Crippen LogP contribution in [-0.2, 0) is 0 Å². The third kappa shape index (κ3) is 6.31. The van der Waals surface area contributed by atoms with Crippen LogP contribution in [0.5, 0.6) is 11.5 Å². The van der Waals surface area contributed by atoms with Crippen LogP contribution in [0.3, 0.4) is 0 Å². The average molecular weight is 507 g/mol. The zero-order chi connectivity index (χ0) is 24.8. The molecule has 0 aromatic heterocycles. The van der Waals surface area contributed by atoms with E-state index < -0.39 is 22.0 Å². The van der Waals surface area contributed by atoms with Gasteiger partial charge in [0, 0.05) is 36.4 Å². The largest absolute Gasteiger partial charge is 0.417 e. The molecule has 2 N–H and O–H groups in total. The lowest BCUT2D eigenvalue weighted by Gasteiger charge is -2.13. The van der Waals surface area contributed by atoms with Crippen LogP contribution in [0, 0.1) is 20.2 Å². The molecule has 3 aromatic rings. The first-order valence-corrected chi connectivity index (χ1v) is 9.83. The van der Waals surface area contributed by atoms with Gasteiger partial charge in [-0.3, -0.25) is 30.9 Å². The summed E-state index contributed by atoms with van der Waals surface area (Å²) in [5.74, 6) is -0.599. The van der Waals surface area contributed by atoms with Gasteiger partial charge in [-0.05, 0) is 12.1 Å². The van der Waals surface area contributed by atoms with Gasteiger partial charge >= 0.3 is 12.2 Å². The number of nitro groups is 2. The second-order valence-corrected chi connectivity index (χ2v) is 7.17. The molecule has 12 nitrogen and oxygen atoms in total. The van der Waals surface area contributed by atoms with Gasteiger partial charge in [0.05, 0.1) is 31.3 Å². The number of rotatable bonds is 6. The number of halogens is 2. The Labute approximate surface area is 200 Å². The summed E-state index contributed by atoms with van der Waals surface area (Å²) in [4.78, 5) is 45.1. The Balaban J connectivity index is 1.75. The molecule has 34 heavy (non-hydrogen) atoms. The molecule has 0 atom stereocenters. The summed E-state index contributed by atoms with van der Waals surface area (Å²) in [6.45, 7) is 0. The molecule has 14 heteroatoms. The maximum Gasteiger partial charge on any atom is 0.417 e. The van der Waals surface area contributed by atoms with E-state index in [4.69, 9.17) is 32.7 Å². The number of nitro benzene ring substituents is 2. The second kappa shape index (κ2) is 10.5. The van der Waals surface area contributed by atoms with Crippen LogP contribution < -0.4 is 20.1 Å². The number of carbonyl (C=O) groups excluding carboxylic acids is 2. The van der Waals surface area contributed by atoms with Crippen molar-refractivity contribution in [2.75, 3.05) is 10.6 Å². The fraction of sp³-hybridized carbons (Fsp3) is 0. The van der Waals surface area contributed by atoms with E-state index in [0.29, 0.717) is 0 Å². The van der Waals surface area contributed by atoms with Crippen LogP contribution in [-0.4, -0.2) is 22.0 Å². The summed E-state index contributed by atoms with van der Waals surface area (Å²) in [6.07, 6.45) is -2.13. The molecular formula is C20H12Cl2N4O8. The van der Waals surface area contributed by atoms with Crippen molar-refractivity contribution in [2.45, 2.75) is 0 Å². The summed E-state index contributed by atoms with van der Waals surface area (Å²) in [6, 6.07) is 12.4. The zero-order valence-corrected chi connectivity index (χ0v) is 18.2. The highest BCUT2D eigenvalue weighted by molar-refractivity contribution is 6.42. The highest BCUT2D eigenvalue weighted by atomic mass is 35.5. The Hall–Kier alpha value is -4.42. The quantitative estimate of drug-likeness (QED) is 0.302. The number of anilines is 2. The Kier molecular flexibility index (Phi) is 7.46. The highest BCUT2D eigenvalue weighted by Crippen LogP contribution is 2.36. The van der Waals surface area contributed by atoms with E-state index in [-0.39, 0.29) is 44.3 Å². The summed E-state index contributed by atoms with van der Waals surface area (Å²) in [7, 11) is 0. The van der Waals surface area contributed by atoms with Crippen LogP contribution in [0.15, 0.2) is 60.7 Å². The first-order valence-electron chi connectivity index (χ1n) is 9.08. The molecule has 0 saturated heterocycles. The monoisotopic (exact) mass is 506 g/mol. The lowest BCUT2D eigenvalue weighted by molar-refractivity contribution is -0.385. The minimum atomic E-state index is -1.07. The minimum absolute atomic E-state index is 0.0220. The van der Waals surface area contributed by atoms with Crippen LogP contribution in [0.1, 0.15) is 0 Å². The molecular weight excluding hydrogens is 495 g/mol. The molecule has 0 bridgehead atoms. The van der Waals surface area contributed by atoms with Gasteiger partial charge in [0.25, 0.3) is 11.4 Å². The number of non-ortho nitro benzene ring substituents is 2. The van der Waals surface area contributed by atoms with Crippen molar-refractivity contribution in [3.63, 3.8) is 0 Å². The number of amides is 2. The molecule has 0 fully saturated rings. The maximum atomic E-state index is 12.3. The Morgan fingerprint density at radius 1 is 0.706 bits per heavy atom. The normalized spacial score (nSPS) is 10.2. The second-order valence-electron chi connectivity index (χ2n) is 6.36. The molecule has 0 aliphatic carbocycles. The highest BCUT2D eigenvalue weighted by Gasteiger charge is 2.18. The van der Waals surface area contributed by atoms with Gasteiger partial charge in [-0.15, -0.1) is 0 Å². The molecule has 174 valence electrons. The molecule has 0 spiro atoms. The predicted molar refractivity (Wildman–Crippen MR) is 122 cm³/mol. The van der Waals surface area contributed by atoms with E-state index in [1.54, 1.807) is 0 Å². The van der Waals surface area contributed by atoms with Crippen molar-refractivity contribution in [3.8, 4) is 11.5 Å². The van der Waals surface area contributed by atoms with Crippen molar-refractivity contribution in [2.24, 2.45) is 0 Å². The molecule has 0 heterocycles. The Morgan fingerprint density at radius 3 is 1.44 bits per heavy atom. The van der Waals surface area contributed by atoms with Crippen LogP contribution in [0.2, 0.25) is 10.0 Å². The van der Waals surface area contributed by atoms with E-state index >= 15 is 0 Å². The third-order valence-electron chi connectivity index (χ3n) is 4.00. The van der Waals surface area contributed by atoms with Crippen LogP contribution >= 0.6 is 23.2 Å². The molecule has 0 aliphatic heterocycles. The predicted octanol–water partition coefficient (Wildman–Crippen LogP) is 6.03. The zero-order valence-electron chi connectivity index (χ0n) is 16.7. The standard InChI is InChI=1S/C20H12Cl2N4O8/c21-15-9-17(33-19(27)23-11-3-1-5-13(7-11)25(29)30)18(10-16(15)22)34-20(28)24-12-4-2-6-14(8-12)26(31)32/h1-10H,(H,23,27)(H,24,28). The van der Waals surface area contributed by atoms with Gasteiger partial charge in [-0.2, -0.15) is 0 Å². The summed E-state index contributed by atoms with van der Waals surface area (Å²) >= 11 is 11.9. The van der Waals surface area contributed by atoms with E-state index in [9.17, 15) is 29.8 Å². The summed E-state index contributed by atoms with van der Waals surface area (Å²) in [5.41, 5.74) is -0.362. The third-order valence-corrected chi connectivity index (χ3v) is 4.72. The number of benzene rings is 3. The molecule has 3 aromatic carbocycles. The number of carbonyl (C=O) groups is 2. The van der Waals surface area contributed by atoms with Crippen molar-refractivity contribution >= 4 is 58.1 Å². The SMILES string of the molecule is O=C(Nc1cccc([N+](=O)[O-])c1)Oc1cc(Cl)c(Cl)cc1OC(=O)Nc1cccc([N+](=O)[O-])c1. The van der Waals surface area contributed by atoms with Crippen LogP contribution in [0.4, 0.5) is 32.3 Å². The Morgan fingerprint density at radius 2 is 1.09 bits per heavy atom. The van der Waals surface area contributed by atoms with Gasteiger partial charge in [0.15, 0.2) is 11.5 Å². The lowest BCUT2D eigenvalue weighted by Crippen LogP contribution is -2.20. The van der Waals surface area contributed by atoms with Gasteiger partial charge < -0.3 is 9.47 Å². The van der Waals surface area contributed by atoms with Gasteiger partial charge in [-0.25, -0.2) is 9.59 Å². The van der Waals surface area contributed by atoms with Gasteiger partial charge in [0.1, 0.15) is 0 Å². The fourth-order valence-electron chi connectivity index (χ4n) is 2.55. The molecule has 0 aliphatic rings. The van der Waals surface area contributed by atoms with Crippen molar-refractivity contribution in [1.82, 2.24) is 0 Å². The van der Waals surface area contributed by atoms with E-state index in [2.05, 4.69) is 10.6 Å². The molecule has 0 saturated carbocycles. The van der Waals surface area contributed by atoms with Gasteiger partial charge in [0.2, 0.25) is 0 Å². The number of hydrogen-bond acceptors (Lipinski definition) is 8. The van der Waals surface area contributed by atoms with Crippen molar-refractivity contribution in [3.05, 3.63) is 90.9 Å². The first kappa shape index (κ1) is 24.2. The maximum absolute atomic E-state index is 12.3. The molecule has 2 amide bonds. The Bertz CT molecular complexity index is 1200.